The first-order valence-corrected chi connectivity index (χ1v) is 5.30. The minimum absolute atomic E-state index is 0.742. The van der Waals surface area contributed by atoms with Crippen molar-refractivity contribution in [3.63, 3.8) is 0 Å². The molecule has 1 nitrogen and oxygen atoms in total. The molecule has 1 heteroatoms. The van der Waals surface area contributed by atoms with Gasteiger partial charge in [0, 0.05) is 17.6 Å². The Kier molecular flexibility index (Phi) is 1.58. The molecule has 0 bridgehead atoms. The van der Waals surface area contributed by atoms with Crippen molar-refractivity contribution in [2.75, 3.05) is 5.32 Å². The molecule has 2 atom stereocenters. The zero-order valence-electron chi connectivity index (χ0n) is 7.79. The van der Waals surface area contributed by atoms with Crippen molar-refractivity contribution >= 4 is 5.69 Å². The lowest BCUT2D eigenvalue weighted by molar-refractivity contribution is 0.422. The summed E-state index contributed by atoms with van der Waals surface area (Å²) in [5.41, 5.74) is 2.95. The fraction of sp³-hybridized carbons (Fsp3) is 0.500. The molecule has 0 amide bonds. The zero-order valence-corrected chi connectivity index (χ0v) is 7.79. The number of hydrogen-bond donors (Lipinski definition) is 1. The van der Waals surface area contributed by atoms with Crippen LogP contribution in [0.1, 0.15) is 37.2 Å². The van der Waals surface area contributed by atoms with Gasteiger partial charge in [-0.05, 0) is 24.5 Å². The lowest BCUT2D eigenvalue weighted by Gasteiger charge is -2.25. The number of anilines is 1. The van der Waals surface area contributed by atoms with Gasteiger partial charge in [-0.3, -0.25) is 0 Å². The summed E-state index contributed by atoms with van der Waals surface area (Å²) >= 11 is 0. The molecule has 0 radical (unpaired) electrons. The number of fused-ring (bicyclic) bond motifs is 3. The number of nitrogens with one attached hydrogen (secondary N) is 1. The summed E-state index contributed by atoms with van der Waals surface area (Å²) in [6.07, 6.45) is 5.56. The van der Waals surface area contributed by atoms with E-state index in [4.69, 9.17) is 0 Å². The SMILES string of the molecule is c1ccc2c(c1)N[C@H]1CCCC[C@H]21. The van der Waals surface area contributed by atoms with Crippen LogP contribution in [0.4, 0.5) is 5.69 Å². The average molecular weight is 173 g/mol. The summed E-state index contributed by atoms with van der Waals surface area (Å²) in [6, 6.07) is 9.54. The van der Waals surface area contributed by atoms with Crippen LogP contribution in [-0.4, -0.2) is 6.04 Å². The highest BCUT2D eigenvalue weighted by Crippen LogP contribution is 2.43. The van der Waals surface area contributed by atoms with Gasteiger partial charge in [-0.2, -0.15) is 0 Å². The van der Waals surface area contributed by atoms with Crippen LogP contribution in [0.3, 0.4) is 0 Å². The van der Waals surface area contributed by atoms with Crippen LogP contribution in [0.15, 0.2) is 24.3 Å². The van der Waals surface area contributed by atoms with Crippen LogP contribution >= 0.6 is 0 Å². The van der Waals surface area contributed by atoms with Gasteiger partial charge in [0.05, 0.1) is 0 Å². The monoisotopic (exact) mass is 173 g/mol. The first kappa shape index (κ1) is 7.43. The second-order valence-electron chi connectivity index (χ2n) is 4.23. The van der Waals surface area contributed by atoms with Crippen LogP contribution in [0, 0.1) is 0 Å². The van der Waals surface area contributed by atoms with Crippen LogP contribution in [-0.2, 0) is 0 Å². The van der Waals surface area contributed by atoms with Crippen molar-refractivity contribution in [1.29, 1.82) is 0 Å². The third-order valence-electron chi connectivity index (χ3n) is 3.47. The molecule has 68 valence electrons. The summed E-state index contributed by atoms with van der Waals surface area (Å²) < 4.78 is 0. The van der Waals surface area contributed by atoms with E-state index in [0.29, 0.717) is 0 Å². The normalized spacial score (nSPS) is 30.5. The molecule has 1 saturated carbocycles. The summed E-state index contributed by atoms with van der Waals surface area (Å²) in [5, 5.41) is 3.64. The number of rotatable bonds is 0. The molecule has 13 heavy (non-hydrogen) atoms. The quantitative estimate of drug-likeness (QED) is 0.635. The largest absolute Gasteiger partial charge is 0.381 e. The molecule has 1 aliphatic carbocycles. The Morgan fingerprint density at radius 1 is 1.08 bits per heavy atom. The predicted octanol–water partition coefficient (Wildman–Crippen LogP) is 3.14. The molecular weight excluding hydrogens is 158 g/mol. The lowest BCUT2D eigenvalue weighted by Crippen LogP contribution is -2.23. The minimum atomic E-state index is 0.742. The van der Waals surface area contributed by atoms with Crippen molar-refractivity contribution in [2.24, 2.45) is 0 Å². The molecule has 1 heterocycles. The second kappa shape index (κ2) is 2.76. The number of benzene rings is 1. The van der Waals surface area contributed by atoms with E-state index in [1.54, 1.807) is 5.56 Å². The van der Waals surface area contributed by atoms with Crippen molar-refractivity contribution in [3.05, 3.63) is 29.8 Å². The maximum atomic E-state index is 3.64. The molecule has 0 saturated heterocycles. The van der Waals surface area contributed by atoms with Gasteiger partial charge >= 0.3 is 0 Å². The average Bonchev–Trinajstić information content (AvgIpc) is 2.56. The summed E-state index contributed by atoms with van der Waals surface area (Å²) in [5.74, 6) is 0.810. The second-order valence-corrected chi connectivity index (χ2v) is 4.23. The summed E-state index contributed by atoms with van der Waals surface area (Å²) in [4.78, 5) is 0. The van der Waals surface area contributed by atoms with Gasteiger partial charge in [0.25, 0.3) is 0 Å². The Balaban J connectivity index is 2.01. The Labute approximate surface area is 79.2 Å². The number of hydrogen-bond acceptors (Lipinski definition) is 1. The minimum Gasteiger partial charge on any atom is -0.381 e. The standard InChI is InChI=1S/C12H15N/c1-3-7-11-9(5-1)10-6-2-4-8-12(10)13-11/h1,3,5,7,10,12-13H,2,4,6,8H2/t10-,12+/m1/s1. The van der Waals surface area contributed by atoms with Crippen LogP contribution < -0.4 is 5.32 Å². The Bertz CT molecular complexity index is 319. The maximum Gasteiger partial charge on any atom is 0.0378 e. The predicted molar refractivity (Wildman–Crippen MR) is 55.1 cm³/mol. The highest BCUT2D eigenvalue weighted by Gasteiger charge is 2.33. The summed E-state index contributed by atoms with van der Waals surface area (Å²) in [6.45, 7) is 0. The van der Waals surface area contributed by atoms with E-state index in [2.05, 4.69) is 29.6 Å². The van der Waals surface area contributed by atoms with E-state index in [-0.39, 0.29) is 0 Å². The smallest absolute Gasteiger partial charge is 0.0378 e. The zero-order chi connectivity index (χ0) is 8.67. The molecule has 2 aliphatic rings. The maximum absolute atomic E-state index is 3.64. The van der Waals surface area contributed by atoms with E-state index in [1.807, 2.05) is 0 Å². The Morgan fingerprint density at radius 2 is 1.92 bits per heavy atom. The molecule has 1 aliphatic heterocycles. The highest BCUT2D eigenvalue weighted by atomic mass is 15.0. The summed E-state index contributed by atoms with van der Waals surface area (Å²) in [7, 11) is 0. The molecule has 1 aromatic carbocycles. The Hall–Kier alpha value is -0.980. The molecule has 0 unspecified atom stereocenters. The molecule has 0 spiro atoms. The first-order chi connectivity index (χ1) is 6.45. The van der Waals surface area contributed by atoms with Gasteiger partial charge in [-0.1, -0.05) is 31.0 Å². The molecule has 3 rings (SSSR count). The van der Waals surface area contributed by atoms with E-state index >= 15 is 0 Å². The fourth-order valence-electron chi connectivity index (χ4n) is 2.83. The van der Waals surface area contributed by atoms with Crippen molar-refractivity contribution in [2.45, 2.75) is 37.6 Å². The lowest BCUT2D eigenvalue weighted by atomic mass is 9.83. The molecule has 1 N–H and O–H groups in total. The van der Waals surface area contributed by atoms with Gasteiger partial charge in [-0.25, -0.2) is 0 Å². The van der Waals surface area contributed by atoms with Crippen molar-refractivity contribution < 1.29 is 0 Å². The topological polar surface area (TPSA) is 12.0 Å². The van der Waals surface area contributed by atoms with Gasteiger partial charge in [-0.15, -0.1) is 0 Å². The van der Waals surface area contributed by atoms with Crippen molar-refractivity contribution in [3.8, 4) is 0 Å². The van der Waals surface area contributed by atoms with Crippen LogP contribution in [0.2, 0.25) is 0 Å². The van der Waals surface area contributed by atoms with E-state index in [0.717, 1.165) is 12.0 Å². The van der Waals surface area contributed by atoms with Gasteiger partial charge in [0.2, 0.25) is 0 Å². The Morgan fingerprint density at radius 3 is 2.92 bits per heavy atom. The third kappa shape index (κ3) is 1.06. The van der Waals surface area contributed by atoms with E-state index in [1.165, 1.54) is 31.4 Å². The van der Waals surface area contributed by atoms with Gasteiger partial charge in [0.15, 0.2) is 0 Å². The first-order valence-electron chi connectivity index (χ1n) is 5.30. The fourth-order valence-corrected chi connectivity index (χ4v) is 2.83. The number of para-hydroxylation sites is 1. The molecule has 1 fully saturated rings. The van der Waals surface area contributed by atoms with Crippen LogP contribution in [0.5, 0.6) is 0 Å². The highest BCUT2D eigenvalue weighted by molar-refractivity contribution is 5.59. The van der Waals surface area contributed by atoms with Gasteiger partial charge in [0.1, 0.15) is 0 Å². The molecule has 1 aromatic rings. The van der Waals surface area contributed by atoms with Gasteiger partial charge < -0.3 is 5.32 Å². The molecule has 0 aromatic heterocycles. The molecular formula is C12H15N. The van der Waals surface area contributed by atoms with E-state index in [9.17, 15) is 0 Å². The van der Waals surface area contributed by atoms with Crippen LogP contribution in [0.25, 0.3) is 0 Å². The van der Waals surface area contributed by atoms with Crippen molar-refractivity contribution in [1.82, 2.24) is 0 Å². The third-order valence-corrected chi connectivity index (χ3v) is 3.47. The van der Waals surface area contributed by atoms with E-state index < -0.39 is 0 Å².